The first kappa shape index (κ1) is 9.35. The molecule has 0 spiro atoms. The van der Waals surface area contributed by atoms with Crippen molar-refractivity contribution in [3.05, 3.63) is 0 Å². The maximum Gasteiger partial charge on any atom is 0.252 e. The fraction of sp³-hybridized carbons (Fsp3) is 0.800. The van der Waals surface area contributed by atoms with E-state index in [1.54, 1.807) is 14.1 Å². The number of amides is 1. The highest BCUT2D eigenvalue weighted by atomic mass is 16.3. The van der Waals surface area contributed by atoms with Gasteiger partial charge >= 0.3 is 0 Å². The lowest BCUT2D eigenvalue weighted by Gasteiger charge is -2.14. The number of nitrogens with two attached hydrogens (primary N) is 1. The maximum absolute atomic E-state index is 10.8. The average Bonchev–Trinajstić information content (AvgIpc) is 1.87. The minimum atomic E-state index is -1.04. The van der Waals surface area contributed by atoms with E-state index in [-0.39, 0.29) is 12.5 Å². The van der Waals surface area contributed by atoms with E-state index < -0.39 is 6.10 Å². The monoisotopic (exact) mass is 147 g/mol. The van der Waals surface area contributed by atoms with Gasteiger partial charge in [0.2, 0.25) is 0 Å². The van der Waals surface area contributed by atoms with Gasteiger partial charge in [0.15, 0.2) is 0 Å². The molecule has 10 heavy (non-hydrogen) atoms. The molecule has 0 aromatic rings. The quantitative estimate of drug-likeness (QED) is 0.315. The predicted molar refractivity (Wildman–Crippen MR) is 36.9 cm³/mol. The zero-order valence-electron chi connectivity index (χ0n) is 6.16. The summed E-state index contributed by atoms with van der Waals surface area (Å²) in [7, 11) is 3.14. The molecule has 0 fully saturated rings. The summed E-state index contributed by atoms with van der Waals surface area (Å²) >= 11 is 0. The lowest BCUT2D eigenvalue weighted by atomic mass is 10.3. The lowest BCUT2D eigenvalue weighted by molar-refractivity contribution is -0.137. The predicted octanol–water partition coefficient (Wildman–Crippen LogP) is -2.10. The average molecular weight is 147 g/mol. The van der Waals surface area contributed by atoms with Crippen molar-refractivity contribution in [2.24, 2.45) is 5.84 Å². The smallest absolute Gasteiger partial charge is 0.252 e. The van der Waals surface area contributed by atoms with Gasteiger partial charge in [-0.05, 0) is 0 Å². The van der Waals surface area contributed by atoms with Crippen molar-refractivity contribution in [1.29, 1.82) is 0 Å². The molecule has 1 atom stereocenters. The van der Waals surface area contributed by atoms with Crippen LogP contribution in [0.15, 0.2) is 0 Å². The zero-order chi connectivity index (χ0) is 8.15. The van der Waals surface area contributed by atoms with E-state index in [0.29, 0.717) is 0 Å². The highest BCUT2D eigenvalue weighted by molar-refractivity contribution is 5.80. The van der Waals surface area contributed by atoms with Crippen LogP contribution in [0.25, 0.3) is 0 Å². The van der Waals surface area contributed by atoms with E-state index in [4.69, 9.17) is 10.9 Å². The van der Waals surface area contributed by atoms with Crippen LogP contribution in [0, 0.1) is 0 Å². The van der Waals surface area contributed by atoms with Gasteiger partial charge in [0, 0.05) is 20.6 Å². The highest BCUT2D eigenvalue weighted by Gasteiger charge is 2.14. The molecular weight excluding hydrogens is 134 g/mol. The maximum atomic E-state index is 10.8. The Morgan fingerprint density at radius 2 is 2.30 bits per heavy atom. The van der Waals surface area contributed by atoms with Crippen LogP contribution in [-0.4, -0.2) is 42.7 Å². The number of hydrogen-bond acceptors (Lipinski definition) is 4. The fourth-order valence-corrected chi connectivity index (χ4v) is 0.497. The Balaban J connectivity index is 3.71. The van der Waals surface area contributed by atoms with Crippen LogP contribution in [0.3, 0.4) is 0 Å². The summed E-state index contributed by atoms with van der Waals surface area (Å²) in [6.45, 7) is 0.0804. The third kappa shape index (κ3) is 2.77. The summed E-state index contributed by atoms with van der Waals surface area (Å²) in [5.74, 6) is 4.54. The number of aliphatic hydroxyl groups excluding tert-OH is 1. The lowest BCUT2D eigenvalue weighted by Crippen LogP contribution is -2.42. The van der Waals surface area contributed by atoms with Gasteiger partial charge in [-0.15, -0.1) is 0 Å². The van der Waals surface area contributed by atoms with Crippen LogP contribution in [-0.2, 0) is 4.79 Å². The van der Waals surface area contributed by atoms with Gasteiger partial charge in [0.05, 0.1) is 0 Å². The van der Waals surface area contributed by atoms with Crippen LogP contribution in [0.5, 0.6) is 0 Å². The number of likely N-dealkylation sites (N-methyl/N-ethyl adjacent to an activating group) is 1. The van der Waals surface area contributed by atoms with Gasteiger partial charge in [-0.3, -0.25) is 16.1 Å². The van der Waals surface area contributed by atoms with E-state index in [0.717, 1.165) is 0 Å². The first-order valence-corrected chi connectivity index (χ1v) is 2.92. The molecule has 0 saturated carbocycles. The van der Waals surface area contributed by atoms with Gasteiger partial charge in [-0.25, -0.2) is 0 Å². The molecule has 0 rings (SSSR count). The number of carbonyl (C=O) groups excluding carboxylic acids is 1. The summed E-state index contributed by atoms with van der Waals surface area (Å²) < 4.78 is 0. The number of nitrogens with one attached hydrogen (secondary N) is 1. The third-order valence-electron chi connectivity index (χ3n) is 1.04. The molecule has 4 N–H and O–H groups in total. The summed E-state index contributed by atoms with van der Waals surface area (Å²) in [4.78, 5) is 12.1. The van der Waals surface area contributed by atoms with Crippen molar-refractivity contribution < 1.29 is 9.90 Å². The number of hydrogen-bond donors (Lipinski definition) is 3. The topological polar surface area (TPSA) is 78.6 Å². The Hall–Kier alpha value is -0.650. The molecule has 0 aromatic heterocycles. The first-order chi connectivity index (χ1) is 4.59. The molecule has 0 aromatic carbocycles. The molecule has 0 aliphatic heterocycles. The van der Waals surface area contributed by atoms with Crippen molar-refractivity contribution in [2.75, 3.05) is 20.6 Å². The van der Waals surface area contributed by atoms with Crippen molar-refractivity contribution >= 4 is 5.91 Å². The van der Waals surface area contributed by atoms with Crippen LogP contribution in [0.4, 0.5) is 0 Å². The van der Waals surface area contributed by atoms with Gasteiger partial charge in [0.25, 0.3) is 5.91 Å². The SMILES string of the molecule is CN(C)C(=O)C(O)CNN. The van der Waals surface area contributed by atoms with Gasteiger partial charge in [-0.2, -0.15) is 0 Å². The van der Waals surface area contributed by atoms with Crippen molar-refractivity contribution in [3.63, 3.8) is 0 Å². The van der Waals surface area contributed by atoms with Crippen molar-refractivity contribution in [3.8, 4) is 0 Å². The Morgan fingerprint density at radius 3 is 2.60 bits per heavy atom. The second-order valence-corrected chi connectivity index (χ2v) is 2.16. The number of rotatable bonds is 3. The number of aliphatic hydroxyl groups is 1. The molecule has 1 amide bonds. The molecular formula is C5H13N3O2. The zero-order valence-corrected chi connectivity index (χ0v) is 6.16. The highest BCUT2D eigenvalue weighted by Crippen LogP contribution is 1.85. The molecule has 5 nitrogen and oxygen atoms in total. The molecule has 0 radical (unpaired) electrons. The minimum absolute atomic E-state index is 0.0804. The fourth-order valence-electron chi connectivity index (χ4n) is 0.497. The Kier molecular flexibility index (Phi) is 3.94. The Labute approximate surface area is 59.8 Å². The summed E-state index contributed by atoms with van der Waals surface area (Å²) in [5.41, 5.74) is 2.21. The van der Waals surface area contributed by atoms with E-state index in [1.807, 2.05) is 0 Å². The molecule has 0 saturated heterocycles. The second kappa shape index (κ2) is 4.21. The largest absolute Gasteiger partial charge is 0.382 e. The normalized spacial score (nSPS) is 12.8. The van der Waals surface area contributed by atoms with E-state index >= 15 is 0 Å². The van der Waals surface area contributed by atoms with Gasteiger partial charge < -0.3 is 10.0 Å². The first-order valence-electron chi connectivity index (χ1n) is 2.92. The van der Waals surface area contributed by atoms with Crippen LogP contribution in [0.1, 0.15) is 0 Å². The van der Waals surface area contributed by atoms with E-state index in [2.05, 4.69) is 5.43 Å². The Morgan fingerprint density at radius 1 is 1.80 bits per heavy atom. The van der Waals surface area contributed by atoms with E-state index in [1.165, 1.54) is 4.90 Å². The van der Waals surface area contributed by atoms with Crippen LogP contribution < -0.4 is 11.3 Å². The molecule has 1 unspecified atom stereocenters. The third-order valence-corrected chi connectivity index (χ3v) is 1.04. The van der Waals surface area contributed by atoms with Crippen molar-refractivity contribution in [2.45, 2.75) is 6.10 Å². The summed E-state index contributed by atoms with van der Waals surface area (Å²) in [6.07, 6.45) is -1.04. The molecule has 0 heterocycles. The molecule has 60 valence electrons. The van der Waals surface area contributed by atoms with Crippen LogP contribution >= 0.6 is 0 Å². The molecule has 0 aliphatic carbocycles. The standard InChI is InChI=1S/C5H13N3O2/c1-8(2)5(10)4(9)3-7-6/h4,7,9H,3,6H2,1-2H3. The Bertz CT molecular complexity index is 115. The summed E-state index contributed by atoms with van der Waals surface area (Å²) in [6, 6.07) is 0. The molecule has 0 aliphatic rings. The minimum Gasteiger partial charge on any atom is -0.382 e. The van der Waals surface area contributed by atoms with Gasteiger partial charge in [0.1, 0.15) is 6.10 Å². The molecule has 0 bridgehead atoms. The number of carbonyl (C=O) groups is 1. The van der Waals surface area contributed by atoms with Crippen molar-refractivity contribution in [1.82, 2.24) is 10.3 Å². The number of hydrazine groups is 1. The summed E-state index contributed by atoms with van der Waals surface area (Å²) in [5, 5.41) is 8.95. The van der Waals surface area contributed by atoms with E-state index in [9.17, 15) is 4.79 Å². The number of nitrogens with zero attached hydrogens (tertiary/aromatic N) is 1. The van der Waals surface area contributed by atoms with Crippen LogP contribution in [0.2, 0.25) is 0 Å². The molecule has 5 heteroatoms. The second-order valence-electron chi connectivity index (χ2n) is 2.16. The van der Waals surface area contributed by atoms with Gasteiger partial charge in [-0.1, -0.05) is 0 Å².